The molecule has 2 atom stereocenters. The number of aryl methyl sites for hydroxylation is 1. The predicted molar refractivity (Wildman–Crippen MR) is 81.8 cm³/mol. The number of benzene rings is 1. The Morgan fingerprint density at radius 3 is 2.81 bits per heavy atom. The van der Waals surface area contributed by atoms with Gasteiger partial charge in [-0.15, -0.1) is 0 Å². The summed E-state index contributed by atoms with van der Waals surface area (Å²) in [6.45, 7) is 4.32. The standard InChI is InChI=1S/C17H23N3O/c1-12-5-7-14(8-6-12)10-15-19-16(20-21-15)17(18)9-3-4-13(2)11-17/h5-8,13H,3-4,9-11,18H2,1-2H3. The second kappa shape index (κ2) is 5.60. The van der Waals surface area contributed by atoms with Crippen LogP contribution in [0.1, 0.15) is 55.4 Å². The number of nitrogens with zero attached hydrogens (tertiary/aromatic N) is 2. The van der Waals surface area contributed by atoms with E-state index >= 15 is 0 Å². The number of nitrogens with two attached hydrogens (primary N) is 1. The van der Waals surface area contributed by atoms with Crippen molar-refractivity contribution in [3.63, 3.8) is 0 Å². The summed E-state index contributed by atoms with van der Waals surface area (Å²) < 4.78 is 5.41. The summed E-state index contributed by atoms with van der Waals surface area (Å²) in [5.41, 5.74) is 8.53. The van der Waals surface area contributed by atoms with Gasteiger partial charge in [-0.25, -0.2) is 0 Å². The molecule has 1 aromatic heterocycles. The van der Waals surface area contributed by atoms with Crippen LogP contribution in [-0.4, -0.2) is 10.1 Å². The molecule has 21 heavy (non-hydrogen) atoms. The van der Waals surface area contributed by atoms with Crippen LogP contribution in [-0.2, 0) is 12.0 Å². The van der Waals surface area contributed by atoms with Gasteiger partial charge in [0, 0.05) is 0 Å². The van der Waals surface area contributed by atoms with Crippen LogP contribution in [0.3, 0.4) is 0 Å². The molecule has 0 amide bonds. The lowest BCUT2D eigenvalue weighted by Crippen LogP contribution is -2.42. The smallest absolute Gasteiger partial charge is 0.231 e. The summed E-state index contributed by atoms with van der Waals surface area (Å²) in [5.74, 6) is 1.95. The monoisotopic (exact) mass is 285 g/mol. The van der Waals surface area contributed by atoms with E-state index in [0.29, 0.717) is 24.1 Å². The summed E-state index contributed by atoms with van der Waals surface area (Å²) in [7, 11) is 0. The first-order chi connectivity index (χ1) is 10.0. The third-order valence-electron chi connectivity index (χ3n) is 4.42. The van der Waals surface area contributed by atoms with E-state index in [0.717, 1.165) is 19.3 Å². The van der Waals surface area contributed by atoms with Crippen LogP contribution in [0.5, 0.6) is 0 Å². The lowest BCUT2D eigenvalue weighted by atomic mass is 9.76. The van der Waals surface area contributed by atoms with Crippen LogP contribution in [0, 0.1) is 12.8 Å². The minimum atomic E-state index is -0.410. The zero-order valence-electron chi connectivity index (χ0n) is 12.8. The Balaban J connectivity index is 1.75. The quantitative estimate of drug-likeness (QED) is 0.939. The molecule has 1 heterocycles. The zero-order valence-corrected chi connectivity index (χ0v) is 12.8. The zero-order chi connectivity index (χ0) is 14.9. The maximum absolute atomic E-state index is 6.51. The summed E-state index contributed by atoms with van der Waals surface area (Å²) in [6.07, 6.45) is 4.93. The fourth-order valence-electron chi connectivity index (χ4n) is 3.20. The SMILES string of the molecule is Cc1ccc(Cc2nc(C3(N)CCCC(C)C3)no2)cc1. The highest BCUT2D eigenvalue weighted by atomic mass is 16.5. The van der Waals surface area contributed by atoms with Crippen molar-refractivity contribution in [3.8, 4) is 0 Å². The molecule has 0 spiro atoms. The molecule has 0 radical (unpaired) electrons. The first-order valence-electron chi connectivity index (χ1n) is 7.73. The third kappa shape index (κ3) is 3.16. The first kappa shape index (κ1) is 14.3. The fourth-order valence-corrected chi connectivity index (χ4v) is 3.20. The van der Waals surface area contributed by atoms with Gasteiger partial charge in [0.1, 0.15) is 0 Å². The molecule has 112 valence electrons. The summed E-state index contributed by atoms with van der Waals surface area (Å²) >= 11 is 0. The molecule has 4 heteroatoms. The molecule has 2 unspecified atom stereocenters. The van der Waals surface area contributed by atoms with Crippen molar-refractivity contribution in [2.45, 2.75) is 51.5 Å². The molecule has 1 saturated carbocycles. The molecule has 0 aliphatic heterocycles. The van der Waals surface area contributed by atoms with Gasteiger partial charge in [-0.3, -0.25) is 0 Å². The van der Waals surface area contributed by atoms with Gasteiger partial charge in [-0.2, -0.15) is 4.98 Å². The topological polar surface area (TPSA) is 64.9 Å². The molecule has 0 bridgehead atoms. The average Bonchev–Trinajstić information content (AvgIpc) is 2.90. The summed E-state index contributed by atoms with van der Waals surface area (Å²) in [4.78, 5) is 4.56. The predicted octanol–water partition coefficient (Wildman–Crippen LogP) is 3.33. The fraction of sp³-hybridized carbons (Fsp3) is 0.529. The second-order valence-electron chi connectivity index (χ2n) is 6.53. The number of hydrogen-bond donors (Lipinski definition) is 1. The van der Waals surface area contributed by atoms with Crippen molar-refractivity contribution in [2.24, 2.45) is 11.7 Å². The third-order valence-corrected chi connectivity index (χ3v) is 4.42. The number of hydrogen-bond acceptors (Lipinski definition) is 4. The van der Waals surface area contributed by atoms with Gasteiger partial charge >= 0.3 is 0 Å². The van der Waals surface area contributed by atoms with Gasteiger partial charge in [0.2, 0.25) is 5.89 Å². The Hall–Kier alpha value is -1.68. The lowest BCUT2D eigenvalue weighted by Gasteiger charge is -2.33. The van der Waals surface area contributed by atoms with Crippen LogP contribution in [0.25, 0.3) is 0 Å². The Kier molecular flexibility index (Phi) is 3.81. The van der Waals surface area contributed by atoms with Crippen molar-refractivity contribution in [2.75, 3.05) is 0 Å². The second-order valence-corrected chi connectivity index (χ2v) is 6.53. The van der Waals surface area contributed by atoms with Crippen molar-refractivity contribution in [3.05, 3.63) is 47.1 Å². The van der Waals surface area contributed by atoms with Crippen molar-refractivity contribution in [1.82, 2.24) is 10.1 Å². The molecule has 3 rings (SSSR count). The van der Waals surface area contributed by atoms with Gasteiger partial charge in [-0.05, 0) is 31.2 Å². The van der Waals surface area contributed by atoms with Crippen LogP contribution in [0.15, 0.2) is 28.8 Å². The Morgan fingerprint density at radius 2 is 2.10 bits per heavy atom. The van der Waals surface area contributed by atoms with E-state index < -0.39 is 5.54 Å². The van der Waals surface area contributed by atoms with E-state index in [4.69, 9.17) is 10.3 Å². The van der Waals surface area contributed by atoms with Crippen LogP contribution < -0.4 is 5.73 Å². The van der Waals surface area contributed by atoms with E-state index in [1.54, 1.807) is 0 Å². The van der Waals surface area contributed by atoms with Crippen LogP contribution >= 0.6 is 0 Å². The minimum Gasteiger partial charge on any atom is -0.339 e. The average molecular weight is 285 g/mol. The molecule has 4 nitrogen and oxygen atoms in total. The maximum atomic E-state index is 6.51. The minimum absolute atomic E-state index is 0.410. The van der Waals surface area contributed by atoms with Gasteiger partial charge in [0.05, 0.1) is 12.0 Å². The van der Waals surface area contributed by atoms with E-state index in [2.05, 4.69) is 48.3 Å². The Bertz CT molecular complexity index is 605. The number of rotatable bonds is 3. The van der Waals surface area contributed by atoms with Crippen molar-refractivity contribution >= 4 is 0 Å². The molecule has 1 aromatic carbocycles. The highest BCUT2D eigenvalue weighted by Gasteiger charge is 2.36. The van der Waals surface area contributed by atoms with Crippen molar-refractivity contribution in [1.29, 1.82) is 0 Å². The van der Waals surface area contributed by atoms with Crippen molar-refractivity contribution < 1.29 is 4.52 Å². The van der Waals surface area contributed by atoms with Crippen LogP contribution in [0.4, 0.5) is 0 Å². The van der Waals surface area contributed by atoms with Crippen LogP contribution in [0.2, 0.25) is 0 Å². The Morgan fingerprint density at radius 1 is 1.33 bits per heavy atom. The molecular weight excluding hydrogens is 262 g/mol. The number of aromatic nitrogens is 2. The van der Waals surface area contributed by atoms with E-state index in [-0.39, 0.29) is 0 Å². The first-order valence-corrected chi connectivity index (χ1v) is 7.73. The van der Waals surface area contributed by atoms with E-state index in [1.165, 1.54) is 17.5 Å². The molecule has 1 fully saturated rings. The molecular formula is C17H23N3O. The molecule has 1 aliphatic carbocycles. The van der Waals surface area contributed by atoms with E-state index in [1.807, 2.05) is 0 Å². The van der Waals surface area contributed by atoms with E-state index in [9.17, 15) is 0 Å². The normalized spacial score (nSPS) is 26.0. The Labute approximate surface area is 125 Å². The highest BCUT2D eigenvalue weighted by molar-refractivity contribution is 5.23. The highest BCUT2D eigenvalue weighted by Crippen LogP contribution is 2.36. The maximum Gasteiger partial charge on any atom is 0.231 e. The van der Waals surface area contributed by atoms with Gasteiger partial charge in [0.15, 0.2) is 5.82 Å². The van der Waals surface area contributed by atoms with Gasteiger partial charge in [0.25, 0.3) is 0 Å². The lowest BCUT2D eigenvalue weighted by molar-refractivity contribution is 0.221. The molecule has 1 aliphatic rings. The largest absolute Gasteiger partial charge is 0.339 e. The van der Waals surface area contributed by atoms with Gasteiger partial charge in [-0.1, -0.05) is 54.8 Å². The molecule has 0 saturated heterocycles. The molecule has 2 N–H and O–H groups in total. The summed E-state index contributed by atoms with van der Waals surface area (Å²) in [6, 6.07) is 8.39. The van der Waals surface area contributed by atoms with Gasteiger partial charge < -0.3 is 10.3 Å². The summed E-state index contributed by atoms with van der Waals surface area (Å²) in [5, 5.41) is 4.15. The molecule has 2 aromatic rings.